The van der Waals surface area contributed by atoms with E-state index in [0.717, 1.165) is 27.9 Å². The molecule has 0 bridgehead atoms. The van der Waals surface area contributed by atoms with Crippen LogP contribution in [0.3, 0.4) is 0 Å². The third kappa shape index (κ3) is 5.56. The van der Waals surface area contributed by atoms with Crippen molar-refractivity contribution in [2.45, 2.75) is 20.8 Å². The highest BCUT2D eigenvalue weighted by Gasteiger charge is 2.07. The summed E-state index contributed by atoms with van der Waals surface area (Å²) < 4.78 is 5.77. The van der Waals surface area contributed by atoms with Crippen LogP contribution in [0.2, 0.25) is 5.02 Å². The maximum atomic E-state index is 12.1. The van der Waals surface area contributed by atoms with E-state index in [2.05, 4.69) is 10.6 Å². The Morgan fingerprint density at radius 3 is 2.55 bits per heavy atom. The molecule has 0 aliphatic rings. The molecule has 148 valence electrons. The lowest BCUT2D eigenvalue weighted by Gasteiger charge is -2.11. The summed E-state index contributed by atoms with van der Waals surface area (Å²) in [4.78, 5) is 12.1. The van der Waals surface area contributed by atoms with Crippen LogP contribution in [0.25, 0.3) is 17.4 Å². The van der Waals surface area contributed by atoms with Gasteiger partial charge in [-0.25, -0.2) is 0 Å². The third-order valence-corrected chi connectivity index (χ3v) is 4.97. The van der Waals surface area contributed by atoms with Gasteiger partial charge in [-0.05, 0) is 80.0 Å². The molecule has 0 saturated carbocycles. The number of carbonyl (C=O) groups is 1. The summed E-state index contributed by atoms with van der Waals surface area (Å²) in [5, 5.41) is 6.60. The zero-order valence-electron chi connectivity index (χ0n) is 16.4. The third-order valence-electron chi connectivity index (χ3n) is 4.36. The molecule has 1 aromatic heterocycles. The van der Waals surface area contributed by atoms with Crippen LogP contribution in [0.4, 0.5) is 5.69 Å². The lowest BCUT2D eigenvalue weighted by molar-refractivity contribution is -0.115. The molecule has 4 nitrogen and oxygen atoms in total. The van der Waals surface area contributed by atoms with Gasteiger partial charge in [-0.1, -0.05) is 35.9 Å². The Hall–Kier alpha value is -2.89. The molecule has 2 aromatic carbocycles. The Labute approximate surface area is 180 Å². The van der Waals surface area contributed by atoms with Crippen molar-refractivity contribution in [2.24, 2.45) is 0 Å². The molecule has 3 aromatic rings. The minimum absolute atomic E-state index is 0.239. The minimum Gasteiger partial charge on any atom is -0.457 e. The molecule has 6 heteroatoms. The second-order valence-electron chi connectivity index (χ2n) is 6.76. The van der Waals surface area contributed by atoms with E-state index in [0.29, 0.717) is 16.5 Å². The van der Waals surface area contributed by atoms with Gasteiger partial charge in [0.25, 0.3) is 0 Å². The van der Waals surface area contributed by atoms with Gasteiger partial charge in [0.1, 0.15) is 11.5 Å². The number of amides is 1. The summed E-state index contributed by atoms with van der Waals surface area (Å²) >= 11 is 11.4. The van der Waals surface area contributed by atoms with Crippen LogP contribution in [0, 0.1) is 20.8 Å². The van der Waals surface area contributed by atoms with Gasteiger partial charge in [0, 0.05) is 22.3 Å². The first-order valence-electron chi connectivity index (χ1n) is 9.05. The molecule has 1 amide bonds. The quantitative estimate of drug-likeness (QED) is 0.395. The first-order chi connectivity index (χ1) is 13.8. The molecule has 1 heterocycles. The number of furan rings is 1. The molecule has 0 aliphatic heterocycles. The van der Waals surface area contributed by atoms with Crippen LogP contribution in [0.1, 0.15) is 22.5 Å². The van der Waals surface area contributed by atoms with Crippen LogP contribution in [0.5, 0.6) is 0 Å². The summed E-state index contributed by atoms with van der Waals surface area (Å²) in [5.74, 6) is 0.892. The molecule has 0 saturated heterocycles. The highest BCUT2D eigenvalue weighted by molar-refractivity contribution is 7.80. The SMILES string of the molecule is Cc1ccc(C)c(NC(=S)NC(=O)/C=C/c2ccc(-c3ccc(C)c(Cl)c3)o2)c1. The van der Waals surface area contributed by atoms with E-state index in [-0.39, 0.29) is 11.0 Å². The van der Waals surface area contributed by atoms with Crippen LogP contribution < -0.4 is 10.6 Å². The lowest BCUT2D eigenvalue weighted by Crippen LogP contribution is -2.33. The van der Waals surface area contributed by atoms with Crippen LogP contribution in [-0.2, 0) is 4.79 Å². The van der Waals surface area contributed by atoms with E-state index in [1.54, 1.807) is 12.1 Å². The topological polar surface area (TPSA) is 54.3 Å². The van der Waals surface area contributed by atoms with Crippen LogP contribution in [-0.4, -0.2) is 11.0 Å². The fraction of sp³-hybridized carbons (Fsp3) is 0.130. The molecular formula is C23H21ClN2O2S. The van der Waals surface area contributed by atoms with E-state index >= 15 is 0 Å². The van der Waals surface area contributed by atoms with Gasteiger partial charge < -0.3 is 9.73 Å². The van der Waals surface area contributed by atoms with E-state index in [9.17, 15) is 4.79 Å². The predicted octanol–water partition coefficient (Wildman–Crippen LogP) is 6.05. The van der Waals surface area contributed by atoms with Crippen molar-refractivity contribution >= 4 is 46.6 Å². The zero-order valence-corrected chi connectivity index (χ0v) is 17.9. The average Bonchev–Trinajstić information content (AvgIpc) is 3.14. The smallest absolute Gasteiger partial charge is 0.250 e. The molecule has 3 rings (SSSR count). The van der Waals surface area contributed by atoms with Gasteiger partial charge in [-0.15, -0.1) is 0 Å². The number of benzene rings is 2. The van der Waals surface area contributed by atoms with E-state index in [4.69, 9.17) is 28.2 Å². The summed E-state index contributed by atoms with van der Waals surface area (Å²) in [6.45, 7) is 5.92. The zero-order chi connectivity index (χ0) is 21.0. The molecule has 0 aliphatic carbocycles. The molecule has 0 atom stereocenters. The Morgan fingerprint density at radius 1 is 1.03 bits per heavy atom. The van der Waals surface area contributed by atoms with Crippen molar-refractivity contribution in [1.29, 1.82) is 0 Å². The Balaban J connectivity index is 1.60. The summed E-state index contributed by atoms with van der Waals surface area (Å²) in [6, 6.07) is 15.4. The average molecular weight is 425 g/mol. The van der Waals surface area contributed by atoms with Crippen LogP contribution >= 0.6 is 23.8 Å². The number of thiocarbonyl (C=S) groups is 1. The number of hydrogen-bond donors (Lipinski definition) is 2. The van der Waals surface area contributed by atoms with Crippen molar-refractivity contribution in [1.82, 2.24) is 5.32 Å². The Bertz CT molecular complexity index is 1100. The molecule has 0 fully saturated rings. The van der Waals surface area contributed by atoms with E-state index in [1.807, 2.05) is 63.2 Å². The highest BCUT2D eigenvalue weighted by atomic mass is 35.5. The number of nitrogens with one attached hydrogen (secondary N) is 2. The monoisotopic (exact) mass is 424 g/mol. The molecule has 0 spiro atoms. The van der Waals surface area contributed by atoms with Crippen LogP contribution in [0.15, 0.2) is 59.0 Å². The molecule has 29 heavy (non-hydrogen) atoms. The van der Waals surface area contributed by atoms with Gasteiger partial charge in [0.05, 0.1) is 0 Å². The first kappa shape index (κ1) is 20.8. The lowest BCUT2D eigenvalue weighted by atomic mass is 10.1. The van der Waals surface area contributed by atoms with Gasteiger partial charge in [0.15, 0.2) is 5.11 Å². The molecular weight excluding hydrogens is 404 g/mol. The number of carbonyl (C=O) groups excluding carboxylic acids is 1. The highest BCUT2D eigenvalue weighted by Crippen LogP contribution is 2.27. The normalized spacial score (nSPS) is 10.9. The second kappa shape index (κ2) is 9.07. The van der Waals surface area contributed by atoms with Gasteiger partial charge in [0.2, 0.25) is 5.91 Å². The maximum absolute atomic E-state index is 12.1. The van der Waals surface area contributed by atoms with Gasteiger partial charge >= 0.3 is 0 Å². The summed E-state index contributed by atoms with van der Waals surface area (Å²) in [7, 11) is 0. The van der Waals surface area contributed by atoms with Crippen molar-refractivity contribution in [3.8, 4) is 11.3 Å². The van der Waals surface area contributed by atoms with Gasteiger partial charge in [-0.2, -0.15) is 0 Å². The Morgan fingerprint density at radius 2 is 1.79 bits per heavy atom. The number of hydrogen-bond acceptors (Lipinski definition) is 3. The second-order valence-corrected chi connectivity index (χ2v) is 7.58. The predicted molar refractivity (Wildman–Crippen MR) is 123 cm³/mol. The number of halogens is 1. The first-order valence-corrected chi connectivity index (χ1v) is 9.84. The summed E-state index contributed by atoms with van der Waals surface area (Å²) in [5.41, 5.74) is 4.90. The molecule has 0 unspecified atom stereocenters. The van der Waals surface area contributed by atoms with E-state index in [1.165, 1.54) is 6.08 Å². The Kier molecular flexibility index (Phi) is 6.52. The largest absolute Gasteiger partial charge is 0.457 e. The number of anilines is 1. The molecule has 0 radical (unpaired) electrons. The maximum Gasteiger partial charge on any atom is 0.250 e. The number of rotatable bonds is 4. The van der Waals surface area contributed by atoms with Crippen molar-refractivity contribution in [3.05, 3.63) is 82.1 Å². The number of aryl methyl sites for hydroxylation is 3. The minimum atomic E-state index is -0.343. The fourth-order valence-electron chi connectivity index (χ4n) is 2.68. The van der Waals surface area contributed by atoms with Crippen molar-refractivity contribution in [2.75, 3.05) is 5.32 Å². The van der Waals surface area contributed by atoms with E-state index < -0.39 is 0 Å². The standard InChI is InChI=1S/C23H21ClN2O2S/c1-14-4-5-16(3)20(12-14)25-23(29)26-22(27)11-9-18-8-10-21(28-18)17-7-6-15(2)19(24)13-17/h4-13H,1-3H3,(H2,25,26,27,29)/b11-9+. The summed E-state index contributed by atoms with van der Waals surface area (Å²) in [6.07, 6.45) is 2.97. The fourth-order valence-corrected chi connectivity index (χ4v) is 3.07. The van der Waals surface area contributed by atoms with Crippen molar-refractivity contribution in [3.63, 3.8) is 0 Å². The molecule has 2 N–H and O–H groups in total. The van der Waals surface area contributed by atoms with Gasteiger partial charge in [-0.3, -0.25) is 10.1 Å². The van der Waals surface area contributed by atoms with Crippen molar-refractivity contribution < 1.29 is 9.21 Å².